The molecule has 0 saturated carbocycles. The zero-order valence-corrected chi connectivity index (χ0v) is 14.3. The first-order valence-electron chi connectivity index (χ1n) is 7.47. The largest absolute Gasteiger partial charge is 0.378 e. The molecule has 0 aliphatic carbocycles. The fourth-order valence-corrected chi connectivity index (χ4v) is 2.88. The highest BCUT2D eigenvalue weighted by atomic mass is 32.2. The Bertz CT molecular complexity index is 622. The fourth-order valence-electron chi connectivity index (χ4n) is 2.10. The molecule has 0 spiro atoms. The molecule has 2 aromatic rings. The van der Waals surface area contributed by atoms with E-state index in [1.807, 2.05) is 26.0 Å². The van der Waals surface area contributed by atoms with Gasteiger partial charge in [0.1, 0.15) is 0 Å². The van der Waals surface area contributed by atoms with E-state index in [0.717, 1.165) is 22.3 Å². The molecule has 4 nitrogen and oxygen atoms in total. The predicted molar refractivity (Wildman–Crippen MR) is 92.2 cm³/mol. The van der Waals surface area contributed by atoms with Crippen molar-refractivity contribution in [3.63, 3.8) is 0 Å². The normalized spacial score (nSPS) is 11.1. The Morgan fingerprint density at radius 1 is 1.36 bits per heavy atom. The maximum atomic E-state index is 5.57. The van der Waals surface area contributed by atoms with Crippen LogP contribution in [0.15, 0.2) is 42.1 Å². The highest BCUT2D eigenvalue weighted by molar-refractivity contribution is 7.99. The number of nitrogens with zero attached hydrogens (tertiary/aromatic N) is 3. The minimum absolute atomic E-state index is 0.259. The van der Waals surface area contributed by atoms with Gasteiger partial charge in [-0.05, 0) is 26.8 Å². The van der Waals surface area contributed by atoms with Gasteiger partial charge in [0.05, 0.1) is 12.7 Å². The van der Waals surface area contributed by atoms with Crippen molar-refractivity contribution in [2.24, 2.45) is 0 Å². The van der Waals surface area contributed by atoms with Crippen molar-refractivity contribution < 1.29 is 4.74 Å². The van der Waals surface area contributed by atoms with Crippen LogP contribution in [0.2, 0.25) is 0 Å². The molecule has 0 fully saturated rings. The quantitative estimate of drug-likeness (QED) is 0.420. The van der Waals surface area contributed by atoms with E-state index in [1.54, 1.807) is 11.8 Å². The van der Waals surface area contributed by atoms with Crippen molar-refractivity contribution in [1.29, 1.82) is 0 Å². The summed E-state index contributed by atoms with van der Waals surface area (Å²) in [6.07, 6.45) is 2.13. The lowest BCUT2D eigenvalue weighted by molar-refractivity contribution is 0.0920. The van der Waals surface area contributed by atoms with Gasteiger partial charge in [-0.25, -0.2) is 0 Å². The summed E-state index contributed by atoms with van der Waals surface area (Å²) in [5.41, 5.74) is 2.30. The summed E-state index contributed by atoms with van der Waals surface area (Å²) in [5, 5.41) is 9.60. The van der Waals surface area contributed by atoms with Crippen LogP contribution in [0, 0.1) is 6.92 Å². The average molecular weight is 317 g/mol. The monoisotopic (exact) mass is 317 g/mol. The predicted octanol–water partition coefficient (Wildman–Crippen LogP) is 3.96. The third kappa shape index (κ3) is 4.45. The lowest BCUT2D eigenvalue weighted by Crippen LogP contribution is -2.06. The lowest BCUT2D eigenvalue weighted by Gasteiger charge is -2.09. The summed E-state index contributed by atoms with van der Waals surface area (Å²) in [6.45, 7) is 11.4. The minimum atomic E-state index is 0.259. The van der Waals surface area contributed by atoms with Gasteiger partial charge in [-0.15, -0.1) is 16.8 Å². The third-order valence-corrected chi connectivity index (χ3v) is 4.00. The molecule has 0 radical (unpaired) electrons. The number of rotatable bonds is 8. The van der Waals surface area contributed by atoms with Crippen LogP contribution >= 0.6 is 11.8 Å². The third-order valence-electron chi connectivity index (χ3n) is 3.07. The van der Waals surface area contributed by atoms with Gasteiger partial charge in [0, 0.05) is 17.9 Å². The number of ether oxygens (including phenoxy) is 1. The van der Waals surface area contributed by atoms with Gasteiger partial charge in [-0.1, -0.05) is 41.6 Å². The van der Waals surface area contributed by atoms with Crippen LogP contribution in [0.3, 0.4) is 0 Å². The Morgan fingerprint density at radius 3 is 2.86 bits per heavy atom. The second-order valence-corrected chi connectivity index (χ2v) is 6.41. The Labute approximate surface area is 136 Å². The van der Waals surface area contributed by atoms with E-state index in [9.17, 15) is 0 Å². The van der Waals surface area contributed by atoms with Gasteiger partial charge < -0.3 is 4.74 Å². The number of allylic oxidation sites excluding steroid dienone is 1. The summed E-state index contributed by atoms with van der Waals surface area (Å²) in [4.78, 5) is 0. The van der Waals surface area contributed by atoms with Crippen molar-refractivity contribution in [3.8, 4) is 11.4 Å². The van der Waals surface area contributed by atoms with Crippen LogP contribution in [0.1, 0.15) is 19.4 Å². The van der Waals surface area contributed by atoms with Crippen molar-refractivity contribution >= 4 is 11.8 Å². The number of hydrogen-bond acceptors (Lipinski definition) is 4. The second kappa shape index (κ2) is 8.15. The Balaban J connectivity index is 2.16. The summed E-state index contributed by atoms with van der Waals surface area (Å²) in [7, 11) is 0. The maximum Gasteiger partial charge on any atom is 0.191 e. The van der Waals surface area contributed by atoms with Crippen LogP contribution in [-0.4, -0.2) is 33.2 Å². The van der Waals surface area contributed by atoms with Gasteiger partial charge in [0.15, 0.2) is 11.0 Å². The molecule has 118 valence electrons. The molecule has 0 aliphatic heterocycles. The molecule has 0 aliphatic rings. The SMILES string of the molecule is C=CCn1c(SCCOC(C)C)nnc1-c1cccc(C)c1. The minimum Gasteiger partial charge on any atom is -0.378 e. The van der Waals surface area contributed by atoms with E-state index in [1.165, 1.54) is 5.56 Å². The first-order valence-corrected chi connectivity index (χ1v) is 8.46. The molecular weight excluding hydrogens is 294 g/mol. The van der Waals surface area contributed by atoms with E-state index < -0.39 is 0 Å². The molecule has 0 saturated heterocycles. The molecule has 0 bridgehead atoms. The summed E-state index contributed by atoms with van der Waals surface area (Å²) in [6, 6.07) is 8.31. The molecule has 0 N–H and O–H groups in total. The lowest BCUT2D eigenvalue weighted by atomic mass is 10.1. The molecular formula is C17H23N3OS. The summed E-state index contributed by atoms with van der Waals surface area (Å²) < 4.78 is 7.67. The molecule has 1 heterocycles. The highest BCUT2D eigenvalue weighted by Crippen LogP contribution is 2.24. The Hall–Kier alpha value is -1.59. The average Bonchev–Trinajstić information content (AvgIpc) is 2.87. The van der Waals surface area contributed by atoms with Gasteiger partial charge in [0.25, 0.3) is 0 Å². The molecule has 0 amide bonds. The van der Waals surface area contributed by atoms with Crippen LogP contribution in [0.4, 0.5) is 0 Å². The zero-order valence-electron chi connectivity index (χ0n) is 13.5. The first-order chi connectivity index (χ1) is 10.6. The van der Waals surface area contributed by atoms with Gasteiger partial charge in [0.2, 0.25) is 0 Å². The second-order valence-electron chi connectivity index (χ2n) is 5.34. The smallest absolute Gasteiger partial charge is 0.191 e. The standard InChI is InChI=1S/C17H23N3OS/c1-5-9-20-16(15-8-6-7-14(4)12-15)18-19-17(20)22-11-10-21-13(2)3/h5-8,12-13H,1,9-11H2,2-4H3. The van der Waals surface area contributed by atoms with E-state index in [0.29, 0.717) is 13.2 Å². The zero-order chi connectivity index (χ0) is 15.9. The van der Waals surface area contributed by atoms with Crippen LogP contribution < -0.4 is 0 Å². The molecule has 0 unspecified atom stereocenters. The van der Waals surface area contributed by atoms with Crippen LogP contribution in [-0.2, 0) is 11.3 Å². The van der Waals surface area contributed by atoms with E-state index >= 15 is 0 Å². The number of benzene rings is 1. The van der Waals surface area contributed by atoms with E-state index in [2.05, 4.69) is 46.5 Å². The highest BCUT2D eigenvalue weighted by Gasteiger charge is 2.13. The van der Waals surface area contributed by atoms with Gasteiger partial charge in [-0.2, -0.15) is 0 Å². The fraction of sp³-hybridized carbons (Fsp3) is 0.412. The molecule has 2 rings (SSSR count). The first kappa shape index (κ1) is 16.8. The molecule has 22 heavy (non-hydrogen) atoms. The van der Waals surface area contributed by atoms with Crippen LogP contribution in [0.5, 0.6) is 0 Å². The van der Waals surface area contributed by atoms with E-state index in [4.69, 9.17) is 4.74 Å². The van der Waals surface area contributed by atoms with Gasteiger partial charge >= 0.3 is 0 Å². The molecule has 1 aromatic heterocycles. The van der Waals surface area contributed by atoms with Gasteiger partial charge in [-0.3, -0.25) is 4.57 Å². The Kier molecular flexibility index (Phi) is 6.21. The van der Waals surface area contributed by atoms with E-state index in [-0.39, 0.29) is 6.10 Å². The molecule has 5 heteroatoms. The number of aryl methyl sites for hydroxylation is 1. The number of hydrogen-bond donors (Lipinski definition) is 0. The van der Waals surface area contributed by atoms with Crippen molar-refractivity contribution in [2.75, 3.05) is 12.4 Å². The summed E-state index contributed by atoms with van der Waals surface area (Å²) >= 11 is 1.67. The van der Waals surface area contributed by atoms with Crippen LogP contribution in [0.25, 0.3) is 11.4 Å². The van der Waals surface area contributed by atoms with Crippen molar-refractivity contribution in [3.05, 3.63) is 42.5 Å². The Morgan fingerprint density at radius 2 is 2.18 bits per heavy atom. The molecule has 0 atom stereocenters. The van der Waals surface area contributed by atoms with Crippen molar-refractivity contribution in [1.82, 2.24) is 14.8 Å². The van der Waals surface area contributed by atoms with Crippen molar-refractivity contribution in [2.45, 2.75) is 38.6 Å². The molecule has 1 aromatic carbocycles. The number of aromatic nitrogens is 3. The maximum absolute atomic E-state index is 5.57. The summed E-state index contributed by atoms with van der Waals surface area (Å²) in [5.74, 6) is 1.75. The number of thioether (sulfide) groups is 1. The topological polar surface area (TPSA) is 39.9 Å².